The first-order valence-corrected chi connectivity index (χ1v) is 8.24. The number of hydrogen-bond donors (Lipinski definition) is 0. The van der Waals surface area contributed by atoms with Crippen LogP contribution in [0.1, 0.15) is 16.2 Å². The molecule has 0 aliphatic rings. The first-order chi connectivity index (χ1) is 9.74. The minimum atomic E-state index is -0.135. The molecule has 0 N–H and O–H groups in total. The van der Waals surface area contributed by atoms with Gasteiger partial charge < -0.3 is 4.90 Å². The van der Waals surface area contributed by atoms with Crippen LogP contribution in [0.25, 0.3) is 9.88 Å². The number of amides is 1. The molecule has 0 atom stereocenters. The molecule has 0 aliphatic carbocycles. The quantitative estimate of drug-likeness (QED) is 0.741. The van der Waals surface area contributed by atoms with Gasteiger partial charge in [0.1, 0.15) is 5.01 Å². The van der Waals surface area contributed by atoms with E-state index in [1.165, 1.54) is 6.20 Å². The summed E-state index contributed by atoms with van der Waals surface area (Å²) in [6.45, 7) is 0.470. The molecule has 0 saturated heterocycles. The monoisotopic (exact) mass is 322 g/mol. The molecule has 0 spiro atoms. The summed E-state index contributed by atoms with van der Waals surface area (Å²) in [7, 11) is 1.74. The number of thiazole rings is 1. The Morgan fingerprint density at radius 2 is 2.30 bits per heavy atom. The molecule has 0 bridgehead atoms. The minimum Gasteiger partial charge on any atom is -0.334 e. The molecule has 3 heterocycles. The van der Waals surface area contributed by atoms with Gasteiger partial charge in [-0.3, -0.25) is 4.79 Å². The summed E-state index contributed by atoms with van der Waals surface area (Å²) in [5, 5.41) is 5.01. The van der Waals surface area contributed by atoms with Crippen LogP contribution in [0, 0.1) is 0 Å². The van der Waals surface area contributed by atoms with Gasteiger partial charge in [-0.05, 0) is 11.4 Å². The van der Waals surface area contributed by atoms with Gasteiger partial charge in [0, 0.05) is 12.4 Å². The van der Waals surface area contributed by atoms with Gasteiger partial charge in [-0.15, -0.1) is 22.7 Å². The van der Waals surface area contributed by atoms with E-state index in [1.54, 1.807) is 34.6 Å². The molecule has 0 radical (unpaired) electrons. The van der Waals surface area contributed by atoms with Crippen molar-refractivity contribution >= 4 is 40.3 Å². The maximum absolute atomic E-state index is 12.1. The first kappa shape index (κ1) is 13.3. The fourth-order valence-corrected chi connectivity index (χ4v) is 3.69. The van der Waals surface area contributed by atoms with E-state index in [-0.39, 0.29) is 5.91 Å². The van der Waals surface area contributed by atoms with Crippen molar-refractivity contribution < 1.29 is 4.79 Å². The maximum atomic E-state index is 12.1. The number of rotatable bonds is 4. The average molecular weight is 322 g/mol. The summed E-state index contributed by atoms with van der Waals surface area (Å²) in [4.78, 5) is 19.4. The summed E-state index contributed by atoms with van der Waals surface area (Å²) >= 11 is 4.29. The number of carbonyl (C=O) groups excluding carboxylic acids is 1. The highest BCUT2D eigenvalue weighted by molar-refractivity contribution is 7.20. The predicted molar refractivity (Wildman–Crippen MR) is 81.1 cm³/mol. The largest absolute Gasteiger partial charge is 0.334 e. The van der Waals surface area contributed by atoms with E-state index in [1.807, 2.05) is 22.9 Å². The molecule has 5 nitrogen and oxygen atoms in total. The van der Waals surface area contributed by atoms with E-state index in [2.05, 4.69) is 13.7 Å². The van der Waals surface area contributed by atoms with Crippen LogP contribution < -0.4 is 0 Å². The van der Waals surface area contributed by atoms with Crippen LogP contribution in [-0.4, -0.2) is 31.6 Å². The fraction of sp³-hybridized carbons (Fsp3) is 0.167. The highest BCUT2D eigenvalue weighted by atomic mass is 32.1. The lowest BCUT2D eigenvalue weighted by Crippen LogP contribution is -2.26. The Labute approximate surface area is 127 Å². The lowest BCUT2D eigenvalue weighted by molar-refractivity contribution is 0.0779. The predicted octanol–water partition coefficient (Wildman–Crippen LogP) is 3.00. The Morgan fingerprint density at radius 3 is 3.00 bits per heavy atom. The van der Waals surface area contributed by atoms with Gasteiger partial charge in [0.15, 0.2) is 5.69 Å². The van der Waals surface area contributed by atoms with E-state index < -0.39 is 0 Å². The van der Waals surface area contributed by atoms with Crippen molar-refractivity contribution in [1.29, 1.82) is 0 Å². The van der Waals surface area contributed by atoms with E-state index in [0.717, 1.165) is 27.3 Å². The van der Waals surface area contributed by atoms with Crippen molar-refractivity contribution in [2.24, 2.45) is 0 Å². The zero-order valence-corrected chi connectivity index (χ0v) is 13.0. The van der Waals surface area contributed by atoms with Gasteiger partial charge in [-0.2, -0.15) is 8.75 Å². The zero-order chi connectivity index (χ0) is 13.9. The molecule has 0 unspecified atom stereocenters. The van der Waals surface area contributed by atoms with Gasteiger partial charge in [0.05, 0.1) is 35.0 Å². The molecule has 0 fully saturated rings. The van der Waals surface area contributed by atoms with Crippen LogP contribution >= 0.6 is 34.4 Å². The van der Waals surface area contributed by atoms with Gasteiger partial charge in [-0.25, -0.2) is 4.98 Å². The number of aromatic nitrogens is 3. The van der Waals surface area contributed by atoms with Crippen molar-refractivity contribution in [1.82, 2.24) is 18.6 Å². The summed E-state index contributed by atoms with van der Waals surface area (Å²) in [6, 6.07) is 4.05. The van der Waals surface area contributed by atoms with Crippen molar-refractivity contribution in [3.8, 4) is 9.88 Å². The molecule has 0 aromatic carbocycles. The van der Waals surface area contributed by atoms with Crippen LogP contribution in [0.15, 0.2) is 29.1 Å². The third-order valence-corrected chi connectivity index (χ3v) is 5.02. The SMILES string of the molecule is CN(Cc1csc(-c2cccs2)n1)C(=O)c1cnsn1. The maximum Gasteiger partial charge on any atom is 0.275 e. The molecule has 0 aliphatic heterocycles. The third-order valence-electron chi connectivity index (χ3n) is 2.61. The van der Waals surface area contributed by atoms with Crippen molar-refractivity contribution in [2.75, 3.05) is 7.05 Å². The third kappa shape index (κ3) is 2.77. The smallest absolute Gasteiger partial charge is 0.275 e. The molecular formula is C12H10N4OS3. The molecule has 3 aromatic heterocycles. The number of nitrogens with zero attached hydrogens (tertiary/aromatic N) is 4. The molecule has 3 rings (SSSR count). The number of thiophene rings is 1. The topological polar surface area (TPSA) is 59.0 Å². The summed E-state index contributed by atoms with van der Waals surface area (Å²) in [6.07, 6.45) is 1.49. The van der Waals surface area contributed by atoms with E-state index in [0.29, 0.717) is 12.2 Å². The first-order valence-electron chi connectivity index (χ1n) is 5.75. The lowest BCUT2D eigenvalue weighted by Gasteiger charge is -2.13. The Morgan fingerprint density at radius 1 is 1.40 bits per heavy atom. The number of carbonyl (C=O) groups is 1. The lowest BCUT2D eigenvalue weighted by atomic mass is 10.3. The van der Waals surface area contributed by atoms with Crippen LogP contribution in [-0.2, 0) is 6.54 Å². The molecule has 3 aromatic rings. The van der Waals surface area contributed by atoms with E-state index >= 15 is 0 Å². The molecule has 8 heteroatoms. The van der Waals surface area contributed by atoms with Crippen molar-refractivity contribution in [3.63, 3.8) is 0 Å². The fourth-order valence-electron chi connectivity index (χ4n) is 1.66. The number of hydrogen-bond acceptors (Lipinski definition) is 7. The highest BCUT2D eigenvalue weighted by Gasteiger charge is 2.16. The minimum absolute atomic E-state index is 0.135. The Kier molecular flexibility index (Phi) is 3.86. The molecule has 20 heavy (non-hydrogen) atoms. The highest BCUT2D eigenvalue weighted by Crippen LogP contribution is 2.28. The summed E-state index contributed by atoms with van der Waals surface area (Å²) in [5.41, 5.74) is 1.27. The van der Waals surface area contributed by atoms with Crippen molar-refractivity contribution in [2.45, 2.75) is 6.54 Å². The van der Waals surface area contributed by atoms with E-state index in [9.17, 15) is 4.79 Å². The van der Waals surface area contributed by atoms with Gasteiger partial charge >= 0.3 is 0 Å². The van der Waals surface area contributed by atoms with Gasteiger partial charge in [0.25, 0.3) is 5.91 Å². The standard InChI is InChI=1S/C12H10N4OS3/c1-16(12(17)9-5-13-20-15-9)6-8-7-19-11(14-8)10-3-2-4-18-10/h2-5,7H,6H2,1H3. The summed E-state index contributed by atoms with van der Waals surface area (Å²) < 4.78 is 7.79. The Hall–Kier alpha value is -1.64. The zero-order valence-electron chi connectivity index (χ0n) is 10.5. The van der Waals surface area contributed by atoms with Gasteiger partial charge in [-0.1, -0.05) is 6.07 Å². The Balaban J connectivity index is 1.70. The second-order valence-electron chi connectivity index (χ2n) is 4.08. The van der Waals surface area contributed by atoms with Crippen molar-refractivity contribution in [3.05, 3.63) is 40.5 Å². The second-order valence-corrected chi connectivity index (χ2v) is 6.44. The average Bonchev–Trinajstić information content (AvgIpc) is 3.19. The second kappa shape index (κ2) is 5.78. The van der Waals surface area contributed by atoms with Crippen LogP contribution in [0.2, 0.25) is 0 Å². The molecule has 1 amide bonds. The van der Waals surface area contributed by atoms with E-state index in [4.69, 9.17) is 0 Å². The molecule has 0 saturated carbocycles. The Bertz CT molecular complexity index is 690. The van der Waals surface area contributed by atoms with Crippen LogP contribution in [0.4, 0.5) is 0 Å². The van der Waals surface area contributed by atoms with Gasteiger partial charge in [0.2, 0.25) is 0 Å². The summed E-state index contributed by atoms with van der Waals surface area (Å²) in [5.74, 6) is -0.135. The van der Waals surface area contributed by atoms with Crippen LogP contribution in [0.5, 0.6) is 0 Å². The molecule has 102 valence electrons. The normalized spacial score (nSPS) is 10.7. The van der Waals surface area contributed by atoms with Crippen LogP contribution in [0.3, 0.4) is 0 Å². The molecular weight excluding hydrogens is 312 g/mol.